The normalized spacial score (nSPS) is 10.8. The summed E-state index contributed by atoms with van der Waals surface area (Å²) < 4.78 is 6.10. The number of halogens is 1. The van der Waals surface area contributed by atoms with Gasteiger partial charge < -0.3 is 15.8 Å². The molecule has 0 unspecified atom stereocenters. The summed E-state index contributed by atoms with van der Waals surface area (Å²) in [5.41, 5.74) is 7.76. The molecule has 1 aromatic heterocycles. The number of carbonyl (C=O) groups is 1. The number of alkyl carbamates (subject to hydrolysis) is 1. The second-order valence-electron chi connectivity index (χ2n) is 6.23. The molecule has 0 saturated heterocycles. The largest absolute Gasteiger partial charge is 0.444 e. The highest BCUT2D eigenvalue weighted by Gasteiger charge is 2.15. The maximum atomic E-state index is 11.5. The summed E-state index contributed by atoms with van der Waals surface area (Å²) in [5.74, 6) is 5.99. The number of nitrogens with one attached hydrogen (secondary N) is 1. The van der Waals surface area contributed by atoms with Crippen molar-refractivity contribution in [3.05, 3.63) is 34.4 Å². The minimum absolute atomic E-state index is 0.412. The fourth-order valence-electron chi connectivity index (χ4n) is 1.99. The van der Waals surface area contributed by atoms with E-state index in [1.807, 2.05) is 39.0 Å². The van der Waals surface area contributed by atoms with Crippen molar-refractivity contribution in [2.24, 2.45) is 0 Å². The van der Waals surface area contributed by atoms with Gasteiger partial charge in [-0.1, -0.05) is 27.8 Å². The third-order valence-corrected chi connectivity index (χ3v) is 3.51. The Morgan fingerprint density at radius 1 is 1.42 bits per heavy atom. The minimum Gasteiger partial charge on any atom is -0.444 e. The first-order valence-corrected chi connectivity index (χ1v) is 8.35. The highest BCUT2D eigenvalue weighted by atomic mass is 79.9. The van der Waals surface area contributed by atoms with E-state index in [1.165, 1.54) is 0 Å². The Bertz CT molecular complexity index is 817. The van der Waals surface area contributed by atoms with E-state index in [9.17, 15) is 4.79 Å². The highest BCUT2D eigenvalue weighted by Crippen LogP contribution is 2.25. The molecule has 6 heteroatoms. The smallest absolute Gasteiger partial charge is 0.407 e. The summed E-state index contributed by atoms with van der Waals surface area (Å²) in [6, 6.07) is 5.74. The van der Waals surface area contributed by atoms with Crippen LogP contribution in [-0.4, -0.2) is 23.2 Å². The number of rotatable bonds is 2. The lowest BCUT2D eigenvalue weighted by Gasteiger charge is -2.19. The van der Waals surface area contributed by atoms with E-state index in [0.717, 1.165) is 15.4 Å². The Morgan fingerprint density at radius 2 is 2.17 bits per heavy atom. The van der Waals surface area contributed by atoms with Crippen molar-refractivity contribution in [1.29, 1.82) is 0 Å². The van der Waals surface area contributed by atoms with Gasteiger partial charge in [0.25, 0.3) is 0 Å². The van der Waals surface area contributed by atoms with E-state index < -0.39 is 11.7 Å². The van der Waals surface area contributed by atoms with E-state index >= 15 is 0 Å². The lowest BCUT2D eigenvalue weighted by molar-refractivity contribution is 0.0529. The third-order valence-electron chi connectivity index (χ3n) is 3.01. The number of amides is 1. The first-order valence-electron chi connectivity index (χ1n) is 7.56. The fraction of sp³-hybridized carbons (Fsp3) is 0.333. The molecule has 0 spiro atoms. The van der Waals surface area contributed by atoms with Gasteiger partial charge in [0.1, 0.15) is 5.60 Å². The number of nitrogen functional groups attached to an aromatic ring is 1. The molecule has 3 N–H and O–H groups in total. The zero-order valence-corrected chi connectivity index (χ0v) is 15.5. The SMILES string of the molecule is CC(C)(C)OC(=O)NCCC#Cc1cnc2cc(Br)ccc2c1N. The second kappa shape index (κ2) is 7.54. The van der Waals surface area contributed by atoms with Crippen molar-refractivity contribution < 1.29 is 9.53 Å². The van der Waals surface area contributed by atoms with Gasteiger partial charge in [-0.3, -0.25) is 4.98 Å². The molecule has 0 bridgehead atoms. The van der Waals surface area contributed by atoms with Crippen LogP contribution in [0.2, 0.25) is 0 Å². The van der Waals surface area contributed by atoms with Crippen LogP contribution in [0.15, 0.2) is 28.9 Å². The number of fused-ring (bicyclic) bond motifs is 1. The molecule has 1 heterocycles. The van der Waals surface area contributed by atoms with Crippen LogP contribution in [0.25, 0.3) is 10.9 Å². The Balaban J connectivity index is 1.97. The van der Waals surface area contributed by atoms with E-state index in [4.69, 9.17) is 10.5 Å². The maximum Gasteiger partial charge on any atom is 0.407 e. The fourth-order valence-corrected chi connectivity index (χ4v) is 2.34. The van der Waals surface area contributed by atoms with Crippen LogP contribution in [0.4, 0.5) is 10.5 Å². The van der Waals surface area contributed by atoms with Crippen LogP contribution in [-0.2, 0) is 4.74 Å². The van der Waals surface area contributed by atoms with Crippen molar-refractivity contribution in [3.8, 4) is 11.8 Å². The number of nitrogens with two attached hydrogens (primary N) is 1. The average Bonchev–Trinajstić information content (AvgIpc) is 2.47. The summed E-state index contributed by atoms with van der Waals surface area (Å²) in [6.07, 6.45) is 1.72. The number of ether oxygens (including phenoxy) is 1. The minimum atomic E-state index is -0.504. The van der Waals surface area contributed by atoms with Gasteiger partial charge in [-0.05, 0) is 39.0 Å². The highest BCUT2D eigenvalue weighted by molar-refractivity contribution is 9.10. The van der Waals surface area contributed by atoms with Gasteiger partial charge in [0.2, 0.25) is 0 Å². The molecule has 0 aliphatic heterocycles. The lowest BCUT2D eigenvalue weighted by atomic mass is 10.1. The standard InChI is InChI=1S/C18H20BrN3O2/c1-18(2,3)24-17(23)21-9-5-4-6-12-11-22-15-10-13(19)7-8-14(15)16(12)20/h7-8,10-11H,5,9H2,1-3H3,(H2,20,22)(H,21,23). The van der Waals surface area contributed by atoms with Crippen LogP contribution in [0.1, 0.15) is 32.8 Å². The summed E-state index contributed by atoms with van der Waals surface area (Å²) in [5, 5.41) is 3.53. The lowest BCUT2D eigenvalue weighted by Crippen LogP contribution is -2.32. The first kappa shape index (κ1) is 18.1. The molecule has 24 heavy (non-hydrogen) atoms. The molecule has 0 saturated carbocycles. The number of hydrogen-bond acceptors (Lipinski definition) is 4. The molecule has 2 aromatic rings. The Labute approximate surface area is 150 Å². The predicted octanol–water partition coefficient (Wildman–Crippen LogP) is 3.85. The topological polar surface area (TPSA) is 77.2 Å². The molecule has 5 nitrogen and oxygen atoms in total. The number of hydrogen-bond donors (Lipinski definition) is 2. The molecule has 0 aliphatic rings. The van der Waals surface area contributed by atoms with Gasteiger partial charge in [-0.25, -0.2) is 4.79 Å². The summed E-state index contributed by atoms with van der Waals surface area (Å²) in [7, 11) is 0. The van der Waals surface area contributed by atoms with Gasteiger partial charge in [0.05, 0.1) is 16.8 Å². The van der Waals surface area contributed by atoms with Crippen LogP contribution in [0.3, 0.4) is 0 Å². The second-order valence-corrected chi connectivity index (χ2v) is 7.14. The molecule has 0 atom stereocenters. The molecule has 1 amide bonds. The first-order chi connectivity index (χ1) is 11.3. The summed E-state index contributed by atoms with van der Waals surface area (Å²) >= 11 is 3.41. The third kappa shape index (κ3) is 5.14. The Morgan fingerprint density at radius 3 is 2.88 bits per heavy atom. The molecule has 126 valence electrons. The van der Waals surface area contributed by atoms with Crippen molar-refractivity contribution in [3.63, 3.8) is 0 Å². The number of benzene rings is 1. The van der Waals surface area contributed by atoms with Crippen molar-refractivity contribution in [2.75, 3.05) is 12.3 Å². The van der Waals surface area contributed by atoms with E-state index in [-0.39, 0.29) is 0 Å². The monoisotopic (exact) mass is 389 g/mol. The van der Waals surface area contributed by atoms with Crippen LogP contribution in [0, 0.1) is 11.8 Å². The number of anilines is 1. The zero-order chi connectivity index (χ0) is 17.7. The summed E-state index contributed by atoms with van der Waals surface area (Å²) in [6.45, 7) is 5.87. The van der Waals surface area contributed by atoms with Gasteiger partial charge in [0, 0.05) is 29.0 Å². The number of nitrogens with zero attached hydrogens (tertiary/aromatic N) is 1. The van der Waals surface area contributed by atoms with Gasteiger partial charge in [0.15, 0.2) is 0 Å². The summed E-state index contributed by atoms with van der Waals surface area (Å²) in [4.78, 5) is 15.9. The molecular formula is C18H20BrN3O2. The molecule has 0 radical (unpaired) electrons. The average molecular weight is 390 g/mol. The quantitative estimate of drug-likeness (QED) is 0.603. The van der Waals surface area contributed by atoms with Crippen molar-refractivity contribution in [1.82, 2.24) is 10.3 Å². The molecule has 2 rings (SSSR count). The van der Waals surface area contributed by atoms with Gasteiger partial charge in [-0.15, -0.1) is 0 Å². The Kier molecular flexibility index (Phi) is 5.68. The van der Waals surface area contributed by atoms with Crippen molar-refractivity contribution in [2.45, 2.75) is 32.8 Å². The van der Waals surface area contributed by atoms with Crippen LogP contribution >= 0.6 is 15.9 Å². The Hall–Kier alpha value is -2.26. The maximum absolute atomic E-state index is 11.5. The van der Waals surface area contributed by atoms with E-state index in [2.05, 4.69) is 38.1 Å². The number of carbonyl (C=O) groups excluding carboxylic acids is 1. The van der Waals surface area contributed by atoms with E-state index in [0.29, 0.717) is 24.2 Å². The number of pyridine rings is 1. The van der Waals surface area contributed by atoms with Crippen LogP contribution in [0.5, 0.6) is 0 Å². The zero-order valence-electron chi connectivity index (χ0n) is 13.9. The molecule has 0 aliphatic carbocycles. The van der Waals surface area contributed by atoms with Gasteiger partial charge in [-0.2, -0.15) is 0 Å². The molecular weight excluding hydrogens is 370 g/mol. The van der Waals surface area contributed by atoms with E-state index in [1.54, 1.807) is 6.20 Å². The predicted molar refractivity (Wildman–Crippen MR) is 99.6 cm³/mol. The van der Waals surface area contributed by atoms with Crippen molar-refractivity contribution >= 4 is 38.6 Å². The molecule has 1 aromatic carbocycles. The number of aromatic nitrogens is 1. The van der Waals surface area contributed by atoms with Crippen LogP contribution < -0.4 is 11.1 Å². The van der Waals surface area contributed by atoms with Gasteiger partial charge >= 0.3 is 6.09 Å². The molecule has 0 fully saturated rings.